The fourth-order valence-corrected chi connectivity index (χ4v) is 1.99. The monoisotopic (exact) mass is 199 g/mol. The first-order chi connectivity index (χ1) is 4.83. The molecule has 0 heterocycles. The Balaban J connectivity index is 3.82. The molecule has 0 aromatic rings. The summed E-state index contributed by atoms with van der Waals surface area (Å²) in [6.07, 6.45) is 1.01. The van der Waals surface area contributed by atoms with Crippen LogP contribution in [0.5, 0.6) is 0 Å². The topological polar surface area (TPSA) is 97.5 Å². The molecular formula is C4H9NO4S2. The largest absolute Gasteiger partial charge is 0.480 e. The highest BCUT2D eigenvalue weighted by Crippen LogP contribution is 2.09. The van der Waals surface area contributed by atoms with Crippen LogP contribution in [0, 0.1) is 0 Å². The number of carboxylic acids is 1. The molecule has 1 atom stereocenters. The maximum atomic E-state index is 10.5. The van der Waals surface area contributed by atoms with Gasteiger partial charge in [-0.05, 0) is 10.8 Å². The molecule has 5 nitrogen and oxygen atoms in total. The molecular weight excluding hydrogens is 190 g/mol. The predicted molar refractivity (Wildman–Crippen MR) is 42.9 cm³/mol. The zero-order valence-corrected chi connectivity index (χ0v) is 7.48. The smallest absolute Gasteiger partial charge is 0.321 e. The van der Waals surface area contributed by atoms with Gasteiger partial charge in [0.25, 0.3) is 0 Å². The Morgan fingerprint density at radius 2 is 2.18 bits per heavy atom. The summed E-state index contributed by atoms with van der Waals surface area (Å²) in [7, 11) is -2.64. The number of carboxylic acid groups (broad SMARTS) is 1. The van der Waals surface area contributed by atoms with Crippen LogP contribution in [0.1, 0.15) is 0 Å². The normalized spacial score (nSPS) is 14.4. The van der Waals surface area contributed by atoms with Crippen molar-refractivity contribution in [3.63, 3.8) is 0 Å². The zero-order valence-electron chi connectivity index (χ0n) is 5.85. The lowest BCUT2D eigenvalue weighted by molar-refractivity contribution is -0.137. The van der Waals surface area contributed by atoms with Crippen LogP contribution in [0.4, 0.5) is 0 Å². The minimum Gasteiger partial charge on any atom is -0.480 e. The van der Waals surface area contributed by atoms with E-state index in [9.17, 15) is 13.2 Å². The molecule has 1 unspecified atom stereocenters. The lowest BCUT2D eigenvalue weighted by Gasteiger charge is -2.02. The van der Waals surface area contributed by atoms with Gasteiger partial charge in [-0.15, -0.1) is 0 Å². The molecule has 66 valence electrons. The first-order valence-corrected chi connectivity index (χ1v) is 6.05. The first kappa shape index (κ1) is 10.7. The van der Waals surface area contributed by atoms with Gasteiger partial charge in [0.1, 0.15) is 6.04 Å². The van der Waals surface area contributed by atoms with Crippen molar-refractivity contribution in [2.45, 2.75) is 6.04 Å². The second-order valence-electron chi connectivity index (χ2n) is 1.93. The van der Waals surface area contributed by atoms with Crippen LogP contribution >= 0.6 is 10.8 Å². The number of hydrogen-bond acceptors (Lipinski definition) is 5. The highest BCUT2D eigenvalue weighted by atomic mass is 33.1. The zero-order chi connectivity index (χ0) is 9.07. The second kappa shape index (κ2) is 3.93. The van der Waals surface area contributed by atoms with E-state index in [2.05, 4.69) is 0 Å². The molecule has 0 saturated heterocycles. The summed E-state index contributed by atoms with van der Waals surface area (Å²) in [6, 6.07) is -1.12. The van der Waals surface area contributed by atoms with E-state index in [0.717, 1.165) is 6.26 Å². The van der Waals surface area contributed by atoms with E-state index in [4.69, 9.17) is 10.8 Å². The molecule has 7 heteroatoms. The lowest BCUT2D eigenvalue weighted by atomic mass is 10.4. The van der Waals surface area contributed by atoms with Crippen molar-refractivity contribution >= 4 is 25.6 Å². The Morgan fingerprint density at radius 3 is 2.45 bits per heavy atom. The van der Waals surface area contributed by atoms with Crippen molar-refractivity contribution in [1.82, 2.24) is 0 Å². The fourth-order valence-electron chi connectivity index (χ4n) is 0.268. The Kier molecular flexibility index (Phi) is 3.84. The molecule has 3 N–H and O–H groups in total. The Labute approximate surface area is 68.3 Å². The van der Waals surface area contributed by atoms with Gasteiger partial charge in [-0.3, -0.25) is 4.79 Å². The van der Waals surface area contributed by atoms with E-state index in [0.29, 0.717) is 10.8 Å². The van der Waals surface area contributed by atoms with Crippen LogP contribution in [-0.4, -0.2) is 37.5 Å². The van der Waals surface area contributed by atoms with Crippen LogP contribution in [0.3, 0.4) is 0 Å². The van der Waals surface area contributed by atoms with Crippen LogP contribution in [0.15, 0.2) is 0 Å². The van der Waals surface area contributed by atoms with Gasteiger partial charge in [0, 0.05) is 12.0 Å². The third-order valence-electron chi connectivity index (χ3n) is 0.779. The quantitative estimate of drug-likeness (QED) is 0.569. The van der Waals surface area contributed by atoms with Crippen molar-refractivity contribution in [2.75, 3.05) is 12.0 Å². The number of rotatable bonds is 4. The molecule has 0 radical (unpaired) electrons. The number of hydrogen-bond donors (Lipinski definition) is 2. The van der Waals surface area contributed by atoms with E-state index in [1.54, 1.807) is 0 Å². The summed E-state index contributed by atoms with van der Waals surface area (Å²) in [5.41, 5.74) is 5.04. The highest BCUT2D eigenvalue weighted by Gasteiger charge is 2.14. The van der Waals surface area contributed by atoms with E-state index < -0.39 is 20.9 Å². The average molecular weight is 199 g/mol. The number of aliphatic carboxylic acids is 1. The van der Waals surface area contributed by atoms with Gasteiger partial charge in [0.2, 0.25) is 0 Å². The molecule has 0 rings (SSSR count). The van der Waals surface area contributed by atoms with Crippen molar-refractivity contribution in [1.29, 1.82) is 0 Å². The van der Waals surface area contributed by atoms with Gasteiger partial charge in [-0.1, -0.05) is 0 Å². The Hall–Kier alpha value is -0.270. The minimum atomic E-state index is -3.18. The SMILES string of the molecule is CS(=O)(=O)SCC(N)C(=O)O. The van der Waals surface area contributed by atoms with Gasteiger partial charge in [0.15, 0.2) is 8.87 Å². The Morgan fingerprint density at radius 1 is 1.73 bits per heavy atom. The lowest BCUT2D eigenvalue weighted by Crippen LogP contribution is -2.32. The minimum absolute atomic E-state index is 0.117. The summed E-state index contributed by atoms with van der Waals surface area (Å²) in [4.78, 5) is 10.1. The molecule has 0 amide bonds. The number of carbonyl (C=O) groups is 1. The van der Waals surface area contributed by atoms with Crippen LogP contribution < -0.4 is 5.73 Å². The van der Waals surface area contributed by atoms with Crippen molar-refractivity contribution in [3.05, 3.63) is 0 Å². The van der Waals surface area contributed by atoms with Gasteiger partial charge < -0.3 is 10.8 Å². The van der Waals surface area contributed by atoms with E-state index in [-0.39, 0.29) is 5.75 Å². The summed E-state index contributed by atoms with van der Waals surface area (Å²) < 4.78 is 20.9. The fraction of sp³-hybridized carbons (Fsp3) is 0.750. The van der Waals surface area contributed by atoms with E-state index in [1.807, 2.05) is 0 Å². The van der Waals surface area contributed by atoms with Crippen LogP contribution in [-0.2, 0) is 13.7 Å². The summed E-state index contributed by atoms with van der Waals surface area (Å²) in [5, 5.41) is 8.25. The standard InChI is InChI=1S/C4H9NO4S2/c1-11(8,9)10-2-3(5)4(6)7/h3H,2,5H2,1H3,(H,6,7). The van der Waals surface area contributed by atoms with Crippen molar-refractivity contribution in [2.24, 2.45) is 5.73 Å². The molecule has 11 heavy (non-hydrogen) atoms. The molecule has 0 aliphatic heterocycles. The maximum Gasteiger partial charge on any atom is 0.321 e. The summed E-state index contributed by atoms with van der Waals surface area (Å²) >= 11 is 0. The second-order valence-corrected chi connectivity index (χ2v) is 6.43. The van der Waals surface area contributed by atoms with Gasteiger partial charge in [0.05, 0.1) is 0 Å². The van der Waals surface area contributed by atoms with E-state index in [1.165, 1.54) is 0 Å². The summed E-state index contributed by atoms with van der Waals surface area (Å²) in [6.45, 7) is 0. The first-order valence-electron chi connectivity index (χ1n) is 2.65. The molecule has 0 spiro atoms. The van der Waals surface area contributed by atoms with Gasteiger partial charge >= 0.3 is 5.97 Å². The van der Waals surface area contributed by atoms with Crippen molar-refractivity contribution in [3.8, 4) is 0 Å². The van der Waals surface area contributed by atoms with Crippen LogP contribution in [0.2, 0.25) is 0 Å². The van der Waals surface area contributed by atoms with Gasteiger partial charge in [-0.25, -0.2) is 8.42 Å². The highest BCUT2D eigenvalue weighted by molar-refractivity contribution is 8.71. The van der Waals surface area contributed by atoms with Gasteiger partial charge in [-0.2, -0.15) is 0 Å². The Bertz CT molecular complexity index is 234. The molecule has 0 aromatic heterocycles. The van der Waals surface area contributed by atoms with Crippen LogP contribution in [0.25, 0.3) is 0 Å². The maximum absolute atomic E-state index is 10.5. The van der Waals surface area contributed by atoms with Crippen molar-refractivity contribution < 1.29 is 18.3 Å². The summed E-state index contributed by atoms with van der Waals surface area (Å²) in [5.74, 6) is -1.31. The third kappa shape index (κ3) is 6.14. The van der Waals surface area contributed by atoms with E-state index >= 15 is 0 Å². The predicted octanol–water partition coefficient (Wildman–Crippen LogP) is -0.909. The molecule has 0 aromatic carbocycles. The third-order valence-corrected chi connectivity index (χ3v) is 3.39. The number of nitrogens with two attached hydrogens (primary N) is 1. The molecule has 0 bridgehead atoms. The molecule has 0 saturated carbocycles. The molecule has 0 fully saturated rings. The average Bonchev–Trinajstić information content (AvgIpc) is 1.80. The molecule has 0 aliphatic rings. The molecule has 0 aliphatic carbocycles.